The highest BCUT2D eigenvalue weighted by Gasteiger charge is 2.21. The van der Waals surface area contributed by atoms with Gasteiger partial charge in [-0.05, 0) is 30.3 Å². The Morgan fingerprint density at radius 1 is 1.00 bits per heavy atom. The number of hydrogen-bond donors (Lipinski definition) is 1. The Hall–Kier alpha value is -2.54. The zero-order chi connectivity index (χ0) is 17.8. The van der Waals surface area contributed by atoms with Crippen LogP contribution in [0.5, 0.6) is 23.0 Å². The molecule has 0 unspecified atom stereocenters. The first kappa shape index (κ1) is 16.9. The molecule has 6 nitrogen and oxygen atoms in total. The number of nitrogens with one attached hydrogen (secondary N) is 1. The highest BCUT2D eigenvalue weighted by molar-refractivity contribution is 8.00. The van der Waals surface area contributed by atoms with Crippen molar-refractivity contribution in [3.05, 3.63) is 42.5 Å². The molecule has 0 bridgehead atoms. The zero-order valence-corrected chi connectivity index (χ0v) is 14.9. The van der Waals surface area contributed by atoms with Crippen LogP contribution in [-0.2, 0) is 4.79 Å². The third kappa shape index (κ3) is 3.99. The summed E-state index contributed by atoms with van der Waals surface area (Å²) in [6, 6.07) is 13.2. The summed E-state index contributed by atoms with van der Waals surface area (Å²) in [5.74, 6) is 3.21. The number of rotatable bonds is 5. The van der Waals surface area contributed by atoms with Gasteiger partial charge in [0.15, 0.2) is 23.0 Å². The topological polar surface area (TPSA) is 66.0 Å². The van der Waals surface area contributed by atoms with Gasteiger partial charge in [0, 0.05) is 4.90 Å². The van der Waals surface area contributed by atoms with E-state index in [-0.39, 0.29) is 12.0 Å². The number of carbonyl (C=O) groups is 1. The number of para-hydroxylation sites is 2. The standard InChI is InChI=1S/C19H19NO5S/c21-19(12-26-14-5-6-16-18(9-14)23-8-7-22-16)20-10-13-11-24-15-3-1-2-4-17(15)25-13/h1-6,9,13H,7-8,10-12H2,(H,20,21)/t13-/m1/s1. The lowest BCUT2D eigenvalue weighted by atomic mass is 10.2. The lowest BCUT2D eigenvalue weighted by Gasteiger charge is -2.26. The van der Waals surface area contributed by atoms with Crippen molar-refractivity contribution in [1.29, 1.82) is 0 Å². The predicted molar refractivity (Wildman–Crippen MR) is 97.5 cm³/mol. The first-order chi connectivity index (χ1) is 12.8. The number of ether oxygens (including phenoxy) is 4. The van der Waals surface area contributed by atoms with Gasteiger partial charge in [-0.3, -0.25) is 4.79 Å². The molecule has 0 aromatic heterocycles. The molecule has 2 aliphatic rings. The van der Waals surface area contributed by atoms with Gasteiger partial charge in [0.05, 0.1) is 12.3 Å². The van der Waals surface area contributed by atoms with E-state index in [1.807, 2.05) is 42.5 Å². The molecule has 2 heterocycles. The van der Waals surface area contributed by atoms with E-state index in [1.54, 1.807) is 0 Å². The molecule has 1 atom stereocenters. The van der Waals surface area contributed by atoms with Crippen LogP contribution in [0, 0.1) is 0 Å². The molecule has 1 amide bonds. The summed E-state index contributed by atoms with van der Waals surface area (Å²) in [5.41, 5.74) is 0. The van der Waals surface area contributed by atoms with E-state index in [2.05, 4.69) is 5.32 Å². The third-order valence-corrected chi connectivity index (χ3v) is 4.97. The Bertz CT molecular complexity index is 797. The van der Waals surface area contributed by atoms with Gasteiger partial charge in [0.2, 0.25) is 5.91 Å². The fourth-order valence-corrected chi connectivity index (χ4v) is 3.46. The van der Waals surface area contributed by atoms with E-state index in [9.17, 15) is 4.79 Å². The third-order valence-electron chi connectivity index (χ3n) is 3.98. The van der Waals surface area contributed by atoms with Gasteiger partial charge in [0.1, 0.15) is 25.9 Å². The van der Waals surface area contributed by atoms with Crippen molar-refractivity contribution >= 4 is 17.7 Å². The molecular formula is C19H19NO5S. The Balaban J connectivity index is 1.24. The average molecular weight is 373 g/mol. The zero-order valence-electron chi connectivity index (χ0n) is 14.1. The SMILES string of the molecule is O=C(CSc1ccc2c(c1)OCCO2)NC[C@@H]1COc2ccccc2O1. The number of benzene rings is 2. The second kappa shape index (κ2) is 7.78. The second-order valence-corrected chi connectivity index (χ2v) is 6.94. The Kier molecular flexibility index (Phi) is 5.06. The van der Waals surface area contributed by atoms with Crippen molar-refractivity contribution in [2.24, 2.45) is 0 Å². The molecule has 2 aromatic rings. The van der Waals surface area contributed by atoms with Crippen LogP contribution in [-0.4, -0.2) is 44.1 Å². The number of thioether (sulfide) groups is 1. The summed E-state index contributed by atoms with van der Waals surface area (Å²) < 4.78 is 22.5. The normalized spacial score (nSPS) is 17.5. The maximum absolute atomic E-state index is 12.1. The Labute approximate surface area is 155 Å². The van der Waals surface area contributed by atoms with Crippen LogP contribution in [0.1, 0.15) is 0 Å². The maximum Gasteiger partial charge on any atom is 0.230 e. The van der Waals surface area contributed by atoms with E-state index in [4.69, 9.17) is 18.9 Å². The smallest absolute Gasteiger partial charge is 0.230 e. The molecule has 1 N–H and O–H groups in total. The molecule has 0 saturated heterocycles. The fourth-order valence-electron chi connectivity index (χ4n) is 2.70. The fraction of sp³-hybridized carbons (Fsp3) is 0.316. The van der Waals surface area contributed by atoms with Gasteiger partial charge in [-0.2, -0.15) is 0 Å². The molecule has 2 aliphatic heterocycles. The van der Waals surface area contributed by atoms with Gasteiger partial charge in [-0.15, -0.1) is 11.8 Å². The van der Waals surface area contributed by atoms with Crippen molar-refractivity contribution < 1.29 is 23.7 Å². The Morgan fingerprint density at radius 2 is 1.77 bits per heavy atom. The molecule has 0 spiro atoms. The van der Waals surface area contributed by atoms with Crippen molar-refractivity contribution in [3.63, 3.8) is 0 Å². The molecule has 4 rings (SSSR count). The highest BCUT2D eigenvalue weighted by atomic mass is 32.2. The number of amides is 1. The number of fused-ring (bicyclic) bond motifs is 2. The van der Waals surface area contributed by atoms with Crippen LogP contribution in [0.4, 0.5) is 0 Å². The van der Waals surface area contributed by atoms with E-state index in [0.717, 1.165) is 22.1 Å². The molecule has 0 fully saturated rings. The largest absolute Gasteiger partial charge is 0.486 e. The highest BCUT2D eigenvalue weighted by Crippen LogP contribution is 2.34. The summed E-state index contributed by atoms with van der Waals surface area (Å²) in [5, 5.41) is 2.90. The van der Waals surface area contributed by atoms with E-state index < -0.39 is 0 Å². The van der Waals surface area contributed by atoms with E-state index in [1.165, 1.54) is 11.8 Å². The van der Waals surface area contributed by atoms with Crippen molar-refractivity contribution in [2.45, 2.75) is 11.0 Å². The van der Waals surface area contributed by atoms with Crippen LogP contribution >= 0.6 is 11.8 Å². The first-order valence-corrected chi connectivity index (χ1v) is 9.44. The molecule has 0 saturated carbocycles. The second-order valence-electron chi connectivity index (χ2n) is 5.90. The molecule has 0 radical (unpaired) electrons. The van der Waals surface area contributed by atoms with Gasteiger partial charge < -0.3 is 24.3 Å². The van der Waals surface area contributed by atoms with Crippen LogP contribution in [0.3, 0.4) is 0 Å². The molecular weight excluding hydrogens is 354 g/mol. The van der Waals surface area contributed by atoms with Gasteiger partial charge in [-0.1, -0.05) is 12.1 Å². The van der Waals surface area contributed by atoms with Crippen LogP contribution in [0.2, 0.25) is 0 Å². The average Bonchev–Trinajstić information content (AvgIpc) is 2.70. The van der Waals surface area contributed by atoms with Gasteiger partial charge >= 0.3 is 0 Å². The summed E-state index contributed by atoms with van der Waals surface area (Å²) in [4.78, 5) is 13.1. The lowest BCUT2D eigenvalue weighted by Crippen LogP contribution is -2.41. The van der Waals surface area contributed by atoms with Crippen LogP contribution < -0.4 is 24.3 Å². The molecule has 136 valence electrons. The minimum Gasteiger partial charge on any atom is -0.486 e. The minimum absolute atomic E-state index is 0.0488. The number of carbonyl (C=O) groups excluding carboxylic acids is 1. The Morgan fingerprint density at radius 3 is 2.65 bits per heavy atom. The molecule has 7 heteroatoms. The lowest BCUT2D eigenvalue weighted by molar-refractivity contribution is -0.119. The van der Waals surface area contributed by atoms with Crippen LogP contribution in [0.15, 0.2) is 47.4 Å². The summed E-state index contributed by atoms with van der Waals surface area (Å²) in [6.45, 7) is 1.95. The van der Waals surface area contributed by atoms with Crippen LogP contribution in [0.25, 0.3) is 0 Å². The summed E-state index contributed by atoms with van der Waals surface area (Å²) in [6.07, 6.45) is -0.187. The van der Waals surface area contributed by atoms with Crippen molar-refractivity contribution in [2.75, 3.05) is 32.1 Å². The number of hydrogen-bond acceptors (Lipinski definition) is 6. The van der Waals surface area contributed by atoms with Gasteiger partial charge in [-0.25, -0.2) is 0 Å². The summed E-state index contributed by atoms with van der Waals surface area (Å²) >= 11 is 1.46. The van der Waals surface area contributed by atoms with Crippen molar-refractivity contribution in [3.8, 4) is 23.0 Å². The predicted octanol–water partition coefficient (Wildman–Crippen LogP) is 2.51. The maximum atomic E-state index is 12.1. The van der Waals surface area contributed by atoms with Crippen molar-refractivity contribution in [1.82, 2.24) is 5.32 Å². The molecule has 2 aromatic carbocycles. The molecule has 0 aliphatic carbocycles. The minimum atomic E-state index is -0.187. The van der Waals surface area contributed by atoms with E-state index >= 15 is 0 Å². The van der Waals surface area contributed by atoms with E-state index in [0.29, 0.717) is 37.9 Å². The molecule has 26 heavy (non-hydrogen) atoms. The van der Waals surface area contributed by atoms with Gasteiger partial charge in [0.25, 0.3) is 0 Å². The monoisotopic (exact) mass is 373 g/mol. The summed E-state index contributed by atoms with van der Waals surface area (Å²) in [7, 11) is 0. The quantitative estimate of drug-likeness (QED) is 0.813. The first-order valence-electron chi connectivity index (χ1n) is 8.45.